The average Bonchev–Trinajstić information content (AvgIpc) is 2.92. The van der Waals surface area contributed by atoms with Crippen LogP contribution in [0.4, 0.5) is 0 Å². The molecule has 0 aliphatic carbocycles. The molecule has 0 bridgehead atoms. The van der Waals surface area contributed by atoms with Gasteiger partial charge >= 0.3 is 0 Å². The summed E-state index contributed by atoms with van der Waals surface area (Å²) in [5.41, 5.74) is 4.60. The van der Waals surface area contributed by atoms with Gasteiger partial charge in [0.15, 0.2) is 0 Å². The Morgan fingerprint density at radius 2 is 2.11 bits per heavy atom. The van der Waals surface area contributed by atoms with Crippen LogP contribution in [0.15, 0.2) is 30.3 Å². The van der Waals surface area contributed by atoms with Gasteiger partial charge in [-0.25, -0.2) is 4.98 Å². The molecule has 0 fully saturated rings. The first-order valence-electron chi connectivity index (χ1n) is 5.72. The van der Waals surface area contributed by atoms with Crippen molar-refractivity contribution in [2.45, 2.75) is 6.92 Å². The molecule has 0 saturated heterocycles. The van der Waals surface area contributed by atoms with Gasteiger partial charge in [0.1, 0.15) is 17.6 Å². The molecule has 3 rings (SSSR count). The van der Waals surface area contributed by atoms with E-state index in [0.717, 1.165) is 28.1 Å². The Bertz CT molecular complexity index is 738. The quantitative estimate of drug-likeness (QED) is 0.706. The van der Waals surface area contributed by atoms with E-state index >= 15 is 0 Å². The third-order valence-corrected chi connectivity index (χ3v) is 3.29. The molecule has 1 aromatic carbocycles. The molecule has 0 atom stereocenters. The Kier molecular flexibility index (Phi) is 2.20. The molecule has 0 unspecified atom stereocenters. The molecule has 4 nitrogen and oxygen atoms in total. The first kappa shape index (κ1) is 10.6. The second-order valence-electron chi connectivity index (χ2n) is 4.30. The minimum Gasteiger partial charge on any atom is -0.339 e. The van der Waals surface area contributed by atoms with Gasteiger partial charge in [-0.2, -0.15) is 5.26 Å². The van der Waals surface area contributed by atoms with Crippen LogP contribution in [0, 0.1) is 18.3 Å². The number of hydrogen-bond acceptors (Lipinski definition) is 2. The number of para-hydroxylation sites is 2. The molecule has 0 amide bonds. The van der Waals surface area contributed by atoms with Crippen LogP contribution < -0.4 is 0 Å². The van der Waals surface area contributed by atoms with Gasteiger partial charge in [-0.1, -0.05) is 12.1 Å². The Morgan fingerprint density at radius 1 is 1.33 bits per heavy atom. The molecule has 1 N–H and O–H groups in total. The summed E-state index contributed by atoms with van der Waals surface area (Å²) in [5.74, 6) is 0.811. The minimum atomic E-state index is 0.642. The molecule has 88 valence electrons. The van der Waals surface area contributed by atoms with E-state index in [1.165, 1.54) is 0 Å². The molecule has 3 aromatic rings. The van der Waals surface area contributed by atoms with E-state index in [1.54, 1.807) is 0 Å². The summed E-state index contributed by atoms with van der Waals surface area (Å²) in [6.07, 6.45) is 0. The van der Waals surface area contributed by atoms with Crippen LogP contribution in [-0.4, -0.2) is 14.5 Å². The second kappa shape index (κ2) is 3.74. The van der Waals surface area contributed by atoms with E-state index in [-0.39, 0.29) is 0 Å². The van der Waals surface area contributed by atoms with Crippen molar-refractivity contribution >= 4 is 11.0 Å². The van der Waals surface area contributed by atoms with Gasteiger partial charge in [-0.15, -0.1) is 0 Å². The number of fused-ring (bicyclic) bond motifs is 1. The molecule has 2 aromatic heterocycles. The summed E-state index contributed by atoms with van der Waals surface area (Å²) in [7, 11) is 1.89. The predicted octanol–water partition coefficient (Wildman–Crippen LogP) is 2.75. The number of aromatic nitrogens is 3. The molecule has 4 heteroatoms. The van der Waals surface area contributed by atoms with Crippen molar-refractivity contribution < 1.29 is 0 Å². The summed E-state index contributed by atoms with van der Waals surface area (Å²) < 4.78 is 1.88. The fraction of sp³-hybridized carbons (Fsp3) is 0.143. The molecule has 0 radical (unpaired) electrons. The standard InChI is InChI=1S/C14H12N4/c1-9-11(7-10(8-15)18(9)2)14-16-12-5-3-4-6-13(12)17-14/h3-7H,1-2H3,(H,16,17). The average molecular weight is 236 g/mol. The highest BCUT2D eigenvalue weighted by Gasteiger charge is 2.13. The summed E-state index contributed by atoms with van der Waals surface area (Å²) >= 11 is 0. The van der Waals surface area contributed by atoms with E-state index < -0.39 is 0 Å². The smallest absolute Gasteiger partial charge is 0.140 e. The molecule has 0 aliphatic heterocycles. The maximum Gasteiger partial charge on any atom is 0.140 e. The SMILES string of the molecule is Cc1c(-c2nc3ccccc3[nH]2)cc(C#N)n1C. The van der Waals surface area contributed by atoms with Crippen molar-refractivity contribution in [3.63, 3.8) is 0 Å². The van der Waals surface area contributed by atoms with Gasteiger partial charge in [0.25, 0.3) is 0 Å². The Hall–Kier alpha value is -2.54. The maximum atomic E-state index is 9.04. The van der Waals surface area contributed by atoms with Crippen LogP contribution in [-0.2, 0) is 7.05 Å². The zero-order valence-corrected chi connectivity index (χ0v) is 10.2. The van der Waals surface area contributed by atoms with Crippen LogP contribution in [0.1, 0.15) is 11.4 Å². The minimum absolute atomic E-state index is 0.642. The van der Waals surface area contributed by atoms with Crippen LogP contribution in [0.2, 0.25) is 0 Å². The zero-order valence-electron chi connectivity index (χ0n) is 10.2. The molecule has 18 heavy (non-hydrogen) atoms. The van der Waals surface area contributed by atoms with Gasteiger partial charge in [0.2, 0.25) is 0 Å². The normalized spacial score (nSPS) is 10.7. The van der Waals surface area contributed by atoms with Crippen LogP contribution in [0.5, 0.6) is 0 Å². The van der Waals surface area contributed by atoms with E-state index in [2.05, 4.69) is 16.0 Å². The summed E-state index contributed by atoms with van der Waals surface area (Å²) in [4.78, 5) is 7.84. The Morgan fingerprint density at radius 3 is 2.78 bits per heavy atom. The largest absolute Gasteiger partial charge is 0.339 e. The number of hydrogen-bond donors (Lipinski definition) is 1. The number of nitrogens with zero attached hydrogens (tertiary/aromatic N) is 3. The van der Waals surface area contributed by atoms with Crippen molar-refractivity contribution in [3.05, 3.63) is 41.7 Å². The number of nitriles is 1. The van der Waals surface area contributed by atoms with Crippen molar-refractivity contribution in [1.29, 1.82) is 5.26 Å². The number of imidazole rings is 1. The van der Waals surface area contributed by atoms with E-state index in [9.17, 15) is 0 Å². The number of nitrogens with one attached hydrogen (secondary N) is 1. The zero-order chi connectivity index (χ0) is 12.7. The fourth-order valence-corrected chi connectivity index (χ4v) is 2.13. The lowest BCUT2D eigenvalue weighted by Gasteiger charge is -1.98. The van der Waals surface area contributed by atoms with Crippen LogP contribution >= 0.6 is 0 Å². The lowest BCUT2D eigenvalue weighted by atomic mass is 10.2. The summed E-state index contributed by atoms with van der Waals surface area (Å²) in [5, 5.41) is 9.04. The van der Waals surface area contributed by atoms with Crippen LogP contribution in [0.25, 0.3) is 22.4 Å². The van der Waals surface area contributed by atoms with E-state index in [4.69, 9.17) is 5.26 Å². The van der Waals surface area contributed by atoms with Crippen molar-refractivity contribution in [3.8, 4) is 17.5 Å². The van der Waals surface area contributed by atoms with Gasteiger partial charge < -0.3 is 9.55 Å². The molecule has 0 saturated carbocycles. The van der Waals surface area contributed by atoms with Crippen LogP contribution in [0.3, 0.4) is 0 Å². The Balaban J connectivity index is 2.23. The number of H-pyrrole nitrogens is 1. The lowest BCUT2D eigenvalue weighted by molar-refractivity contribution is 0.866. The van der Waals surface area contributed by atoms with Crippen molar-refractivity contribution in [1.82, 2.24) is 14.5 Å². The third-order valence-electron chi connectivity index (χ3n) is 3.29. The first-order chi connectivity index (χ1) is 8.70. The predicted molar refractivity (Wildman–Crippen MR) is 70.0 cm³/mol. The number of aromatic amines is 1. The molecular formula is C14H12N4. The highest BCUT2D eigenvalue weighted by atomic mass is 15.0. The number of rotatable bonds is 1. The maximum absolute atomic E-state index is 9.04. The fourth-order valence-electron chi connectivity index (χ4n) is 2.13. The van der Waals surface area contributed by atoms with E-state index in [1.807, 2.05) is 48.9 Å². The van der Waals surface area contributed by atoms with Gasteiger partial charge in [0, 0.05) is 18.3 Å². The molecule has 0 spiro atoms. The van der Waals surface area contributed by atoms with Crippen molar-refractivity contribution in [2.75, 3.05) is 0 Å². The summed E-state index contributed by atoms with van der Waals surface area (Å²) in [6.45, 7) is 1.99. The monoisotopic (exact) mass is 236 g/mol. The third kappa shape index (κ3) is 1.41. The molecule has 0 aliphatic rings. The molecule has 2 heterocycles. The topological polar surface area (TPSA) is 57.4 Å². The second-order valence-corrected chi connectivity index (χ2v) is 4.30. The Labute approximate surface area is 105 Å². The van der Waals surface area contributed by atoms with E-state index in [0.29, 0.717) is 5.69 Å². The van der Waals surface area contributed by atoms with Gasteiger partial charge in [-0.3, -0.25) is 0 Å². The van der Waals surface area contributed by atoms with Crippen molar-refractivity contribution in [2.24, 2.45) is 7.05 Å². The number of benzene rings is 1. The summed E-state index contributed by atoms with van der Waals surface area (Å²) in [6, 6.07) is 12.0. The lowest BCUT2D eigenvalue weighted by Crippen LogP contribution is -1.94. The molecular weight excluding hydrogens is 224 g/mol. The van der Waals surface area contributed by atoms with Gasteiger partial charge in [-0.05, 0) is 25.1 Å². The van der Waals surface area contributed by atoms with Gasteiger partial charge in [0.05, 0.1) is 11.0 Å². The first-order valence-corrected chi connectivity index (χ1v) is 5.72. The highest BCUT2D eigenvalue weighted by Crippen LogP contribution is 2.25. The highest BCUT2D eigenvalue weighted by molar-refractivity contribution is 5.80.